The largest absolute Gasteiger partial charge is 0.336 e. The maximum absolute atomic E-state index is 11.8. The highest BCUT2D eigenvalue weighted by Crippen LogP contribution is 2.31. The van der Waals surface area contributed by atoms with Crippen LogP contribution in [0.5, 0.6) is 0 Å². The topological polar surface area (TPSA) is 67.2 Å². The van der Waals surface area contributed by atoms with Gasteiger partial charge in [-0.15, -0.1) is 0 Å². The minimum Gasteiger partial charge on any atom is -0.336 e. The second-order valence-electron chi connectivity index (χ2n) is 5.49. The molecule has 17 heavy (non-hydrogen) atoms. The van der Waals surface area contributed by atoms with Crippen molar-refractivity contribution >= 4 is 6.03 Å². The van der Waals surface area contributed by atoms with Crippen LogP contribution in [0.25, 0.3) is 0 Å². The first-order valence-electron chi connectivity index (χ1n) is 6.87. The minimum absolute atomic E-state index is 0.00338. The lowest BCUT2D eigenvalue weighted by Crippen LogP contribution is -2.54. The molecular formula is C13H27N3O. The van der Waals surface area contributed by atoms with Gasteiger partial charge >= 0.3 is 6.03 Å². The van der Waals surface area contributed by atoms with Gasteiger partial charge in [-0.3, -0.25) is 0 Å². The van der Waals surface area contributed by atoms with Crippen LogP contribution in [-0.4, -0.2) is 24.2 Å². The summed E-state index contributed by atoms with van der Waals surface area (Å²) in [6.45, 7) is 4.66. The fourth-order valence-corrected chi connectivity index (χ4v) is 2.65. The molecule has 4 nitrogen and oxygen atoms in total. The van der Waals surface area contributed by atoms with Gasteiger partial charge in [0, 0.05) is 11.6 Å². The first-order valence-corrected chi connectivity index (χ1v) is 6.87. The van der Waals surface area contributed by atoms with Gasteiger partial charge in [-0.05, 0) is 46.1 Å². The van der Waals surface area contributed by atoms with Crippen LogP contribution in [0.3, 0.4) is 0 Å². The molecule has 1 rings (SSSR count). The Morgan fingerprint density at radius 2 is 1.94 bits per heavy atom. The van der Waals surface area contributed by atoms with Crippen molar-refractivity contribution in [1.82, 2.24) is 10.6 Å². The van der Waals surface area contributed by atoms with Crippen molar-refractivity contribution < 1.29 is 4.79 Å². The quantitative estimate of drug-likeness (QED) is 0.690. The van der Waals surface area contributed by atoms with Crippen molar-refractivity contribution in [2.24, 2.45) is 5.73 Å². The van der Waals surface area contributed by atoms with Gasteiger partial charge in [0.15, 0.2) is 0 Å². The zero-order chi connectivity index (χ0) is 12.7. The number of amides is 2. The van der Waals surface area contributed by atoms with Crippen LogP contribution in [0.15, 0.2) is 0 Å². The van der Waals surface area contributed by atoms with E-state index in [1.807, 2.05) is 13.8 Å². The summed E-state index contributed by atoms with van der Waals surface area (Å²) in [4.78, 5) is 11.8. The number of hydrogen-bond donors (Lipinski definition) is 3. The zero-order valence-electron chi connectivity index (χ0n) is 11.2. The summed E-state index contributed by atoms with van der Waals surface area (Å²) in [6, 6.07) is 0.157. The smallest absolute Gasteiger partial charge is 0.315 e. The zero-order valence-corrected chi connectivity index (χ0v) is 11.2. The summed E-state index contributed by atoms with van der Waals surface area (Å²) in [7, 11) is 0. The summed E-state index contributed by atoms with van der Waals surface area (Å²) in [6.07, 6.45) is 7.91. The van der Waals surface area contributed by atoms with E-state index in [-0.39, 0.29) is 17.6 Å². The highest BCUT2D eigenvalue weighted by molar-refractivity contribution is 5.75. The Morgan fingerprint density at radius 3 is 2.47 bits per heavy atom. The SMILES string of the molecule is CC(C)NC(=O)NC1(CCCN)CCCCC1. The van der Waals surface area contributed by atoms with Crippen LogP contribution >= 0.6 is 0 Å². The van der Waals surface area contributed by atoms with E-state index in [4.69, 9.17) is 5.73 Å². The van der Waals surface area contributed by atoms with E-state index in [1.165, 1.54) is 19.3 Å². The summed E-state index contributed by atoms with van der Waals surface area (Å²) in [5, 5.41) is 6.10. The Bertz CT molecular complexity index is 235. The summed E-state index contributed by atoms with van der Waals surface area (Å²) in [5.41, 5.74) is 5.58. The third-order valence-electron chi connectivity index (χ3n) is 3.47. The van der Waals surface area contributed by atoms with Crippen molar-refractivity contribution in [3.05, 3.63) is 0 Å². The molecule has 1 saturated carbocycles. The number of nitrogens with one attached hydrogen (secondary N) is 2. The fraction of sp³-hybridized carbons (Fsp3) is 0.923. The second-order valence-corrected chi connectivity index (χ2v) is 5.49. The third kappa shape index (κ3) is 4.94. The Hall–Kier alpha value is -0.770. The Morgan fingerprint density at radius 1 is 1.29 bits per heavy atom. The molecule has 0 spiro atoms. The van der Waals surface area contributed by atoms with Gasteiger partial charge in [0.2, 0.25) is 0 Å². The van der Waals surface area contributed by atoms with Crippen LogP contribution in [-0.2, 0) is 0 Å². The van der Waals surface area contributed by atoms with Gasteiger partial charge in [-0.25, -0.2) is 4.79 Å². The molecule has 0 aliphatic heterocycles. The molecule has 0 aromatic rings. The van der Waals surface area contributed by atoms with Gasteiger partial charge in [0.25, 0.3) is 0 Å². The number of carbonyl (C=O) groups excluding carboxylic acids is 1. The van der Waals surface area contributed by atoms with Crippen LogP contribution in [0, 0.1) is 0 Å². The molecule has 100 valence electrons. The van der Waals surface area contributed by atoms with Crippen molar-refractivity contribution in [2.75, 3.05) is 6.54 Å². The molecule has 0 radical (unpaired) electrons. The molecule has 2 amide bonds. The normalized spacial score (nSPS) is 19.1. The van der Waals surface area contributed by atoms with Crippen molar-refractivity contribution in [1.29, 1.82) is 0 Å². The molecule has 1 aliphatic carbocycles. The van der Waals surface area contributed by atoms with E-state index < -0.39 is 0 Å². The van der Waals surface area contributed by atoms with Crippen LogP contribution in [0.2, 0.25) is 0 Å². The van der Waals surface area contributed by atoms with Gasteiger partial charge in [-0.2, -0.15) is 0 Å². The lowest BCUT2D eigenvalue weighted by molar-refractivity contribution is 0.192. The monoisotopic (exact) mass is 241 g/mol. The average molecular weight is 241 g/mol. The van der Waals surface area contributed by atoms with E-state index in [9.17, 15) is 4.79 Å². The molecule has 0 atom stereocenters. The van der Waals surface area contributed by atoms with E-state index in [1.54, 1.807) is 0 Å². The molecule has 1 fully saturated rings. The second kappa shape index (κ2) is 6.84. The van der Waals surface area contributed by atoms with Crippen LogP contribution in [0.4, 0.5) is 4.79 Å². The van der Waals surface area contributed by atoms with E-state index in [2.05, 4.69) is 10.6 Å². The highest BCUT2D eigenvalue weighted by Gasteiger charge is 2.32. The average Bonchev–Trinajstić information content (AvgIpc) is 2.26. The molecule has 0 unspecified atom stereocenters. The molecule has 0 aromatic carbocycles. The summed E-state index contributed by atoms with van der Waals surface area (Å²) < 4.78 is 0. The standard InChI is InChI=1S/C13H27N3O/c1-11(2)15-12(17)16-13(9-6-10-14)7-4-3-5-8-13/h11H,3-10,14H2,1-2H3,(H2,15,16,17). The maximum Gasteiger partial charge on any atom is 0.315 e. The Balaban J connectivity index is 2.53. The molecule has 0 aromatic heterocycles. The highest BCUT2D eigenvalue weighted by atomic mass is 16.2. The van der Waals surface area contributed by atoms with E-state index in [0.29, 0.717) is 6.54 Å². The summed E-state index contributed by atoms with van der Waals surface area (Å²) >= 11 is 0. The van der Waals surface area contributed by atoms with Gasteiger partial charge < -0.3 is 16.4 Å². The summed E-state index contributed by atoms with van der Waals surface area (Å²) in [5.74, 6) is 0. The fourth-order valence-electron chi connectivity index (χ4n) is 2.65. The number of urea groups is 1. The molecule has 0 bridgehead atoms. The molecule has 4 heteroatoms. The van der Waals surface area contributed by atoms with Crippen LogP contribution < -0.4 is 16.4 Å². The van der Waals surface area contributed by atoms with Gasteiger partial charge in [-0.1, -0.05) is 19.3 Å². The van der Waals surface area contributed by atoms with Gasteiger partial charge in [0.05, 0.1) is 0 Å². The van der Waals surface area contributed by atoms with Crippen molar-refractivity contribution in [3.63, 3.8) is 0 Å². The number of carbonyl (C=O) groups is 1. The number of nitrogens with two attached hydrogens (primary N) is 1. The van der Waals surface area contributed by atoms with E-state index >= 15 is 0 Å². The molecule has 0 saturated heterocycles. The minimum atomic E-state index is -0.0288. The Labute approximate surface area is 105 Å². The molecule has 1 aliphatic rings. The number of rotatable bonds is 5. The first-order chi connectivity index (χ1) is 8.08. The molecular weight excluding hydrogens is 214 g/mol. The predicted molar refractivity (Wildman–Crippen MR) is 70.9 cm³/mol. The van der Waals surface area contributed by atoms with Crippen molar-refractivity contribution in [3.8, 4) is 0 Å². The van der Waals surface area contributed by atoms with Gasteiger partial charge in [0.1, 0.15) is 0 Å². The number of hydrogen-bond acceptors (Lipinski definition) is 2. The predicted octanol–water partition coefficient (Wildman–Crippen LogP) is 2.14. The Kier molecular flexibility index (Phi) is 5.75. The maximum atomic E-state index is 11.8. The van der Waals surface area contributed by atoms with Crippen LogP contribution in [0.1, 0.15) is 58.8 Å². The van der Waals surface area contributed by atoms with E-state index in [0.717, 1.165) is 25.7 Å². The first kappa shape index (κ1) is 14.3. The van der Waals surface area contributed by atoms with Crippen molar-refractivity contribution in [2.45, 2.75) is 70.4 Å². The lowest BCUT2D eigenvalue weighted by Gasteiger charge is -2.38. The molecule has 0 heterocycles. The lowest BCUT2D eigenvalue weighted by atomic mass is 9.78. The third-order valence-corrected chi connectivity index (χ3v) is 3.47. The molecule has 4 N–H and O–H groups in total.